The maximum Gasteiger partial charge on any atom is 0.319 e. The number of phenolic OH excluding ortho intramolecular Hbond substituents is 1. The first-order chi connectivity index (χ1) is 21.2. The van der Waals surface area contributed by atoms with Gasteiger partial charge in [0.15, 0.2) is 5.82 Å². The number of aromatic hydroxyl groups is 1. The van der Waals surface area contributed by atoms with E-state index in [0.29, 0.717) is 35.7 Å². The van der Waals surface area contributed by atoms with Crippen LogP contribution in [0.2, 0.25) is 0 Å². The number of aromatic nitrogens is 3. The number of aryl methyl sites for hydroxylation is 1. The second kappa shape index (κ2) is 12.7. The molecule has 4 atom stereocenters. The van der Waals surface area contributed by atoms with E-state index in [2.05, 4.69) is 20.3 Å². The number of pyridine rings is 1. The Hall–Kier alpha value is -3.77. The third-order valence-electron chi connectivity index (χ3n) is 8.57. The van der Waals surface area contributed by atoms with Crippen LogP contribution in [0, 0.1) is 17.6 Å². The Kier molecular flexibility index (Phi) is 8.73. The van der Waals surface area contributed by atoms with Crippen molar-refractivity contribution in [3.8, 4) is 23.0 Å². The van der Waals surface area contributed by atoms with E-state index >= 15 is 4.39 Å². The molecule has 0 unspecified atom stereocenters. The predicted molar refractivity (Wildman–Crippen MR) is 160 cm³/mol. The van der Waals surface area contributed by atoms with Crippen LogP contribution in [-0.4, -0.2) is 76.4 Å². The molecule has 2 fully saturated rings. The fourth-order valence-electron chi connectivity index (χ4n) is 6.32. The molecule has 0 aliphatic carbocycles. The fourth-order valence-corrected chi connectivity index (χ4v) is 6.32. The maximum absolute atomic E-state index is 16.6. The molecule has 6 rings (SSSR count). The van der Waals surface area contributed by atoms with Crippen LogP contribution in [0.25, 0.3) is 32.9 Å². The summed E-state index contributed by atoms with van der Waals surface area (Å²) in [7, 11) is 0. The number of hydrogen-bond donors (Lipinski definition) is 3. The van der Waals surface area contributed by atoms with Gasteiger partial charge in [-0.25, -0.2) is 17.6 Å². The average Bonchev–Trinajstić information content (AvgIpc) is 2.99. The second-order valence-corrected chi connectivity index (χ2v) is 11.7. The first-order valence-electron chi connectivity index (χ1n) is 15.1. The van der Waals surface area contributed by atoms with Gasteiger partial charge >= 0.3 is 6.01 Å². The van der Waals surface area contributed by atoms with Crippen molar-refractivity contribution in [2.75, 3.05) is 37.7 Å². The number of aliphatic hydroxyl groups excluding tert-OH is 1. The minimum absolute atomic E-state index is 0.0471. The first-order valence-corrected chi connectivity index (χ1v) is 15.1. The van der Waals surface area contributed by atoms with Crippen LogP contribution in [0.3, 0.4) is 0 Å². The van der Waals surface area contributed by atoms with Crippen LogP contribution < -0.4 is 15.0 Å². The predicted octanol–water partition coefficient (Wildman–Crippen LogP) is 5.41. The number of alkyl halides is 2. The number of nitrogens with one attached hydrogen (secondary N) is 1. The Morgan fingerprint density at radius 1 is 1.14 bits per heavy atom. The maximum atomic E-state index is 16.6. The molecule has 2 aromatic carbocycles. The van der Waals surface area contributed by atoms with E-state index in [-0.39, 0.29) is 78.3 Å². The van der Waals surface area contributed by atoms with Crippen molar-refractivity contribution < 1.29 is 32.5 Å². The van der Waals surface area contributed by atoms with E-state index in [9.17, 15) is 23.4 Å². The number of phenols is 1. The lowest BCUT2D eigenvalue weighted by Crippen LogP contribution is -2.45. The molecule has 0 saturated carbocycles. The first kappa shape index (κ1) is 30.3. The molecule has 12 heteroatoms. The Morgan fingerprint density at radius 3 is 2.77 bits per heavy atom. The lowest BCUT2D eigenvalue weighted by Gasteiger charge is -2.33. The lowest BCUT2D eigenvalue weighted by molar-refractivity contribution is 0.0643. The molecular formula is C32H35F4N5O3. The summed E-state index contributed by atoms with van der Waals surface area (Å²) in [5.41, 5.74) is 0.270. The molecule has 0 bridgehead atoms. The summed E-state index contributed by atoms with van der Waals surface area (Å²) in [6.07, 6.45) is -0.0515. The van der Waals surface area contributed by atoms with Gasteiger partial charge in [-0.1, -0.05) is 13.0 Å². The summed E-state index contributed by atoms with van der Waals surface area (Å²) in [5.74, 6) is -1.31. The van der Waals surface area contributed by atoms with Crippen molar-refractivity contribution >= 4 is 27.5 Å². The highest BCUT2D eigenvalue weighted by molar-refractivity contribution is 6.01. The summed E-state index contributed by atoms with van der Waals surface area (Å²) < 4.78 is 65.9. The van der Waals surface area contributed by atoms with Crippen molar-refractivity contribution in [1.82, 2.24) is 20.3 Å². The fraction of sp³-hybridized carbons (Fsp3) is 0.469. The molecule has 3 N–H and O–H groups in total. The zero-order valence-electron chi connectivity index (χ0n) is 24.4. The van der Waals surface area contributed by atoms with Gasteiger partial charge in [-0.2, -0.15) is 9.97 Å². The van der Waals surface area contributed by atoms with E-state index < -0.39 is 30.1 Å². The highest BCUT2D eigenvalue weighted by Crippen LogP contribution is 2.39. The van der Waals surface area contributed by atoms with Crippen LogP contribution in [0.5, 0.6) is 11.8 Å². The van der Waals surface area contributed by atoms with Crippen molar-refractivity contribution in [1.29, 1.82) is 0 Å². The number of benzene rings is 2. The van der Waals surface area contributed by atoms with Crippen molar-refractivity contribution in [2.45, 2.75) is 57.5 Å². The molecule has 2 saturated heterocycles. The highest BCUT2D eigenvalue weighted by atomic mass is 19.1. The van der Waals surface area contributed by atoms with Gasteiger partial charge < -0.3 is 25.2 Å². The van der Waals surface area contributed by atoms with Gasteiger partial charge in [0.1, 0.15) is 47.0 Å². The van der Waals surface area contributed by atoms with Crippen LogP contribution in [0.1, 0.15) is 38.2 Å². The highest BCUT2D eigenvalue weighted by Gasteiger charge is 2.31. The number of halogens is 4. The Bertz CT molecular complexity index is 1680. The number of rotatable bonds is 6. The quantitative estimate of drug-likeness (QED) is 0.248. The molecule has 8 nitrogen and oxygen atoms in total. The molecular weight excluding hydrogens is 578 g/mol. The Morgan fingerprint density at radius 2 is 1.98 bits per heavy atom. The van der Waals surface area contributed by atoms with E-state index in [0.717, 1.165) is 12.8 Å². The number of aliphatic hydroxyl groups is 1. The summed E-state index contributed by atoms with van der Waals surface area (Å²) in [6.45, 7) is 3.02. The topological polar surface area (TPSA) is 104 Å². The van der Waals surface area contributed by atoms with E-state index in [4.69, 9.17) is 4.74 Å². The van der Waals surface area contributed by atoms with Crippen molar-refractivity contribution in [3.05, 3.63) is 47.7 Å². The number of hydrogen-bond acceptors (Lipinski definition) is 8. The summed E-state index contributed by atoms with van der Waals surface area (Å²) in [6, 6.07) is 5.51. The number of piperidine rings is 1. The average molecular weight is 614 g/mol. The molecule has 2 aliphatic rings. The molecule has 0 spiro atoms. The second-order valence-electron chi connectivity index (χ2n) is 11.7. The Balaban J connectivity index is 1.47. The van der Waals surface area contributed by atoms with Crippen molar-refractivity contribution in [3.63, 3.8) is 0 Å². The smallest absolute Gasteiger partial charge is 0.319 e. The minimum Gasteiger partial charge on any atom is -0.508 e. The van der Waals surface area contributed by atoms with Crippen LogP contribution >= 0.6 is 0 Å². The van der Waals surface area contributed by atoms with E-state index in [1.165, 1.54) is 30.5 Å². The van der Waals surface area contributed by atoms with Gasteiger partial charge in [0.25, 0.3) is 0 Å². The van der Waals surface area contributed by atoms with Crippen LogP contribution in [-0.2, 0) is 6.42 Å². The Labute approximate surface area is 252 Å². The van der Waals surface area contributed by atoms with Gasteiger partial charge in [0.2, 0.25) is 0 Å². The molecule has 0 radical (unpaired) electrons. The van der Waals surface area contributed by atoms with Gasteiger partial charge in [-0.3, -0.25) is 4.98 Å². The molecule has 44 heavy (non-hydrogen) atoms. The zero-order valence-corrected chi connectivity index (χ0v) is 24.4. The SMILES string of the molecule is CCc1c(F)ccc2cc(O)cc(-c3ncc4c(N5CC[C@H](F)[C@H](O)C5)nc(OC[C@@H]5CCCNC[C@H](F)C5)nc4c3F)c12. The van der Waals surface area contributed by atoms with Gasteiger partial charge in [0.05, 0.1) is 12.0 Å². The molecule has 2 aromatic heterocycles. The molecule has 234 valence electrons. The molecule has 2 aliphatic heterocycles. The number of anilines is 1. The van der Waals surface area contributed by atoms with Crippen LogP contribution in [0.15, 0.2) is 30.5 Å². The van der Waals surface area contributed by atoms with Gasteiger partial charge in [0, 0.05) is 31.4 Å². The third kappa shape index (κ3) is 5.97. The molecule has 4 heterocycles. The number of ether oxygens (including phenoxy) is 1. The largest absolute Gasteiger partial charge is 0.508 e. The molecule has 0 amide bonds. The molecule has 4 aromatic rings. The summed E-state index contributed by atoms with van der Waals surface area (Å²) in [4.78, 5) is 15.0. The van der Waals surface area contributed by atoms with Gasteiger partial charge in [-0.15, -0.1) is 0 Å². The van der Waals surface area contributed by atoms with E-state index in [1.807, 2.05) is 0 Å². The third-order valence-corrected chi connectivity index (χ3v) is 8.57. The minimum atomic E-state index is -1.40. The van der Waals surface area contributed by atoms with Crippen molar-refractivity contribution in [2.24, 2.45) is 5.92 Å². The number of β-amino-alcohol motifs (C(OH)–C–C–N with tert-alkyl or cyclic N) is 1. The number of nitrogens with zero attached hydrogens (tertiary/aromatic N) is 4. The summed E-state index contributed by atoms with van der Waals surface area (Å²) >= 11 is 0. The number of fused-ring (bicyclic) bond motifs is 2. The zero-order chi connectivity index (χ0) is 31.0. The lowest BCUT2D eigenvalue weighted by atomic mass is 9.94. The summed E-state index contributed by atoms with van der Waals surface area (Å²) in [5, 5.41) is 25.0. The normalized spacial score (nSPS) is 23.1. The standard InChI is InChI=1S/C32H35F4N5O3/c1-2-21-24(34)6-5-18-11-20(42)12-22(27(18)21)29-28(36)30-23(14-38-29)31(41-9-7-25(35)26(43)15-41)40-32(39-30)44-16-17-4-3-8-37-13-19(33)10-17/h5-6,11-12,14,17,19,25-26,37,42-43H,2-4,7-10,13,15-16H2,1H3/t17-,19-,25+,26-/m1/s1. The van der Waals surface area contributed by atoms with E-state index in [1.54, 1.807) is 11.8 Å². The van der Waals surface area contributed by atoms with Gasteiger partial charge in [-0.05, 0) is 79.1 Å². The monoisotopic (exact) mass is 613 g/mol. The van der Waals surface area contributed by atoms with Crippen LogP contribution in [0.4, 0.5) is 23.4 Å².